The van der Waals surface area contributed by atoms with Crippen LogP contribution in [0.25, 0.3) is 0 Å². The summed E-state index contributed by atoms with van der Waals surface area (Å²) in [6.07, 6.45) is 1.09. The number of methoxy groups -OCH3 is 1. The minimum atomic E-state index is -0.637. The van der Waals surface area contributed by atoms with Gasteiger partial charge in [-0.2, -0.15) is 14.9 Å². The Morgan fingerprint density at radius 2 is 2.12 bits per heavy atom. The number of hydrogen-bond donors (Lipinski definition) is 2. The number of ether oxygens (including phenoxy) is 1. The van der Waals surface area contributed by atoms with Gasteiger partial charge in [0.05, 0.1) is 24.3 Å². The summed E-state index contributed by atoms with van der Waals surface area (Å²) in [4.78, 5) is 22.9. The van der Waals surface area contributed by atoms with Gasteiger partial charge >= 0.3 is 0 Å². The maximum atomic E-state index is 12.5. The van der Waals surface area contributed by atoms with Crippen LogP contribution in [0.3, 0.4) is 0 Å². The molecule has 138 valence electrons. The Hall–Kier alpha value is -3.08. The predicted octanol–water partition coefficient (Wildman–Crippen LogP) is 2.10. The second kappa shape index (κ2) is 7.04. The highest BCUT2D eigenvalue weighted by atomic mass is 32.1. The average Bonchev–Trinajstić information content (AvgIpc) is 2.54. The summed E-state index contributed by atoms with van der Waals surface area (Å²) < 4.78 is 5.76. The number of nitrogens with zero attached hydrogens (tertiary/aromatic N) is 4. The van der Waals surface area contributed by atoms with E-state index in [9.17, 15) is 20.0 Å². The van der Waals surface area contributed by atoms with Crippen LogP contribution in [0.4, 0.5) is 5.69 Å². The van der Waals surface area contributed by atoms with E-state index in [1.54, 1.807) is 20.8 Å². The number of hydrogen-bond acceptors (Lipinski definition) is 8. The molecule has 1 aromatic heterocycles. The number of H-pyrrole nitrogens is 1. The lowest BCUT2D eigenvalue weighted by molar-refractivity contribution is -0.385. The maximum Gasteiger partial charge on any atom is 0.297 e. The van der Waals surface area contributed by atoms with Gasteiger partial charge in [-0.05, 0) is 12.2 Å². The third-order valence-corrected chi connectivity index (χ3v) is 3.66. The van der Waals surface area contributed by atoms with E-state index in [0.717, 1.165) is 23.0 Å². The van der Waals surface area contributed by atoms with Crippen LogP contribution in [0.5, 0.6) is 11.5 Å². The summed E-state index contributed by atoms with van der Waals surface area (Å²) in [6, 6.07) is 2.18. The minimum Gasteiger partial charge on any atom is -0.504 e. The molecule has 0 fully saturated rings. The van der Waals surface area contributed by atoms with Gasteiger partial charge in [0.2, 0.25) is 4.77 Å². The Morgan fingerprint density at radius 3 is 2.65 bits per heavy atom. The van der Waals surface area contributed by atoms with Crippen LogP contribution < -0.4 is 10.3 Å². The predicted molar refractivity (Wildman–Crippen MR) is 96.7 cm³/mol. The van der Waals surface area contributed by atoms with Crippen LogP contribution in [0.15, 0.2) is 22.0 Å². The molecule has 0 radical (unpaired) electrons. The van der Waals surface area contributed by atoms with Crippen LogP contribution in [-0.4, -0.2) is 38.2 Å². The average molecular weight is 379 g/mol. The van der Waals surface area contributed by atoms with Crippen LogP contribution in [0.1, 0.15) is 32.0 Å². The van der Waals surface area contributed by atoms with Gasteiger partial charge in [0.25, 0.3) is 11.2 Å². The second-order valence-corrected chi connectivity index (χ2v) is 6.72. The van der Waals surface area contributed by atoms with E-state index in [1.165, 1.54) is 7.11 Å². The standard InChI is InChI=1S/C15H17N5O5S/c1-15(2,3)12-13(22)19(14(26)18-17-12)16-7-8-5-9(20(23)24)6-10(25-4)11(8)21/h5-7,21H,1-4H3,(H,18,26)/b16-7-. The largest absolute Gasteiger partial charge is 0.504 e. The quantitative estimate of drug-likeness (QED) is 0.359. The number of phenolic OH excluding ortho intramolecular Hbond substituents is 1. The van der Waals surface area contributed by atoms with Crippen molar-refractivity contribution in [3.63, 3.8) is 0 Å². The lowest BCUT2D eigenvalue weighted by Crippen LogP contribution is -2.32. The van der Waals surface area contributed by atoms with Crippen LogP contribution in [-0.2, 0) is 5.41 Å². The van der Waals surface area contributed by atoms with Gasteiger partial charge in [0.1, 0.15) is 5.69 Å². The number of nitro benzene ring substituents is 1. The summed E-state index contributed by atoms with van der Waals surface area (Å²) in [5.74, 6) is -0.446. The summed E-state index contributed by atoms with van der Waals surface area (Å²) in [6.45, 7) is 5.41. The molecule has 0 aliphatic heterocycles. The Bertz CT molecular complexity index is 1000. The van der Waals surface area contributed by atoms with E-state index in [4.69, 9.17) is 17.0 Å². The number of phenols is 1. The van der Waals surface area contributed by atoms with Gasteiger partial charge in [-0.15, -0.1) is 0 Å². The Kier molecular flexibility index (Phi) is 5.21. The first-order valence-electron chi connectivity index (χ1n) is 7.38. The van der Waals surface area contributed by atoms with Crippen molar-refractivity contribution in [3.8, 4) is 11.5 Å². The fourth-order valence-electron chi connectivity index (χ4n) is 2.08. The topological polar surface area (TPSA) is 136 Å². The Balaban J connectivity index is 2.62. The third-order valence-electron chi connectivity index (χ3n) is 3.39. The van der Waals surface area contributed by atoms with Gasteiger partial charge in [-0.25, -0.2) is 0 Å². The van der Waals surface area contributed by atoms with Crippen molar-refractivity contribution in [2.75, 3.05) is 7.11 Å². The first-order valence-corrected chi connectivity index (χ1v) is 7.79. The summed E-state index contributed by atoms with van der Waals surface area (Å²) in [7, 11) is 1.26. The molecule has 0 atom stereocenters. The fraction of sp³-hybridized carbons (Fsp3) is 0.333. The van der Waals surface area contributed by atoms with E-state index in [1.807, 2.05) is 0 Å². The number of aromatic amines is 1. The highest BCUT2D eigenvalue weighted by Crippen LogP contribution is 2.33. The molecule has 0 aliphatic rings. The monoisotopic (exact) mass is 379 g/mol. The van der Waals surface area contributed by atoms with Crippen molar-refractivity contribution in [3.05, 3.63) is 48.6 Å². The second-order valence-electron chi connectivity index (χ2n) is 6.33. The molecule has 0 aliphatic carbocycles. The molecule has 1 aromatic carbocycles. The van der Waals surface area contributed by atoms with Crippen LogP contribution in [0.2, 0.25) is 0 Å². The van der Waals surface area contributed by atoms with Crippen molar-refractivity contribution in [1.29, 1.82) is 0 Å². The summed E-state index contributed by atoms with van der Waals surface area (Å²) in [5, 5.41) is 31.6. The molecule has 10 nitrogen and oxygen atoms in total. The Labute approximate surface area is 152 Å². The zero-order valence-electron chi connectivity index (χ0n) is 14.5. The van der Waals surface area contributed by atoms with Gasteiger partial charge in [0, 0.05) is 17.0 Å². The first-order chi connectivity index (χ1) is 12.1. The first kappa shape index (κ1) is 19.2. The molecule has 0 saturated heterocycles. The van der Waals surface area contributed by atoms with E-state index in [2.05, 4.69) is 15.3 Å². The molecule has 0 saturated carbocycles. The van der Waals surface area contributed by atoms with Crippen molar-refractivity contribution < 1.29 is 14.8 Å². The highest BCUT2D eigenvalue weighted by molar-refractivity contribution is 7.71. The molecule has 0 bridgehead atoms. The molecule has 0 spiro atoms. The van der Waals surface area contributed by atoms with E-state index >= 15 is 0 Å². The zero-order chi connectivity index (χ0) is 19.6. The molecule has 0 unspecified atom stereocenters. The lowest BCUT2D eigenvalue weighted by Gasteiger charge is -2.16. The molecule has 2 aromatic rings. The normalized spacial score (nSPS) is 11.7. The van der Waals surface area contributed by atoms with Gasteiger partial charge in [-0.3, -0.25) is 20.0 Å². The van der Waals surface area contributed by atoms with Gasteiger partial charge in [0.15, 0.2) is 11.5 Å². The smallest absolute Gasteiger partial charge is 0.297 e. The molecule has 26 heavy (non-hydrogen) atoms. The zero-order valence-corrected chi connectivity index (χ0v) is 15.3. The number of rotatable bonds is 4. The number of benzene rings is 1. The third kappa shape index (κ3) is 3.77. The SMILES string of the molecule is COc1cc([N+](=O)[O-])cc(/C=N\n2c(=S)[nH]nc(C(C)(C)C)c2=O)c1O. The van der Waals surface area contributed by atoms with Crippen molar-refractivity contribution >= 4 is 24.1 Å². The summed E-state index contributed by atoms with van der Waals surface area (Å²) >= 11 is 5.02. The molecule has 0 amide bonds. The number of nitrogens with one attached hydrogen (secondary N) is 1. The van der Waals surface area contributed by atoms with Gasteiger partial charge in [-0.1, -0.05) is 20.8 Å². The van der Waals surface area contributed by atoms with Crippen LogP contribution >= 0.6 is 12.2 Å². The molecule has 11 heteroatoms. The number of nitro groups is 1. The Morgan fingerprint density at radius 1 is 1.46 bits per heavy atom. The van der Waals surface area contributed by atoms with Crippen molar-refractivity contribution in [1.82, 2.24) is 14.9 Å². The molecular weight excluding hydrogens is 362 g/mol. The number of non-ortho nitro benzene ring substituents is 1. The fourth-order valence-corrected chi connectivity index (χ4v) is 2.25. The van der Waals surface area contributed by atoms with E-state index in [0.29, 0.717) is 0 Å². The lowest BCUT2D eigenvalue weighted by atomic mass is 9.93. The van der Waals surface area contributed by atoms with Crippen LogP contribution in [0, 0.1) is 14.9 Å². The summed E-state index contributed by atoms with van der Waals surface area (Å²) in [5.41, 5.74) is -1.18. The molecular formula is C15H17N5O5S. The highest BCUT2D eigenvalue weighted by Gasteiger charge is 2.22. The van der Waals surface area contributed by atoms with E-state index in [-0.39, 0.29) is 33.2 Å². The maximum absolute atomic E-state index is 12.5. The van der Waals surface area contributed by atoms with Crippen molar-refractivity contribution in [2.45, 2.75) is 26.2 Å². The number of aromatic hydroxyl groups is 1. The number of aromatic nitrogens is 3. The molecule has 1 heterocycles. The molecule has 2 rings (SSSR count). The van der Waals surface area contributed by atoms with Gasteiger partial charge < -0.3 is 9.84 Å². The minimum absolute atomic E-state index is 0.00790. The molecule has 2 N–H and O–H groups in total. The van der Waals surface area contributed by atoms with Crippen molar-refractivity contribution in [2.24, 2.45) is 5.10 Å². The van der Waals surface area contributed by atoms with E-state index < -0.39 is 15.9 Å².